The Kier molecular flexibility index (Phi) is 2.10. The Morgan fingerprint density at radius 3 is 2.36 bits per heavy atom. The number of hydrogen-bond donors (Lipinski definition) is 3. The molecule has 82 valence electrons. The topological polar surface area (TPSA) is 52.5 Å². The fraction of sp³-hybridized carbons (Fsp3) is 1.00. The van der Waals surface area contributed by atoms with Gasteiger partial charge in [0.05, 0.1) is 18.1 Å². The minimum Gasteiger partial charge on any atom is -0.390 e. The van der Waals surface area contributed by atoms with E-state index in [-0.39, 0.29) is 6.54 Å². The molecule has 2 rings (SSSR count). The highest BCUT2D eigenvalue weighted by Crippen LogP contribution is 2.52. The second kappa shape index (κ2) is 2.87. The number of halogens is 2. The molecule has 0 aromatic rings. The molecule has 2 fully saturated rings. The number of hydrogen-bond acceptors (Lipinski definition) is 3. The van der Waals surface area contributed by atoms with Gasteiger partial charge in [-0.15, -0.1) is 0 Å². The van der Waals surface area contributed by atoms with E-state index in [1.165, 1.54) is 0 Å². The molecule has 1 aliphatic carbocycles. The summed E-state index contributed by atoms with van der Waals surface area (Å²) in [6.07, 6.45) is -1.09. The van der Waals surface area contributed by atoms with E-state index in [1.54, 1.807) is 0 Å². The third kappa shape index (κ3) is 1.43. The van der Waals surface area contributed by atoms with Gasteiger partial charge in [-0.05, 0) is 19.8 Å². The number of nitrogens with one attached hydrogen (secondary N) is 1. The average Bonchev–Trinajstić information content (AvgIpc) is 2.77. The van der Waals surface area contributed by atoms with Crippen molar-refractivity contribution in [3.63, 3.8) is 0 Å². The molecule has 3 nitrogen and oxygen atoms in total. The second-order valence-corrected chi connectivity index (χ2v) is 4.53. The summed E-state index contributed by atoms with van der Waals surface area (Å²) in [7, 11) is 0. The number of alkyl halides is 2. The van der Waals surface area contributed by atoms with Gasteiger partial charge in [-0.1, -0.05) is 0 Å². The molecule has 2 aliphatic rings. The first-order chi connectivity index (χ1) is 6.37. The highest BCUT2D eigenvalue weighted by Gasteiger charge is 2.63. The fourth-order valence-corrected chi connectivity index (χ4v) is 2.50. The highest BCUT2D eigenvalue weighted by atomic mass is 19.3. The molecule has 14 heavy (non-hydrogen) atoms. The first-order valence-electron chi connectivity index (χ1n) is 4.86. The van der Waals surface area contributed by atoms with E-state index in [4.69, 9.17) is 0 Å². The van der Waals surface area contributed by atoms with Crippen LogP contribution in [0.2, 0.25) is 0 Å². The minimum absolute atomic E-state index is 0.202. The Morgan fingerprint density at radius 1 is 1.36 bits per heavy atom. The molecule has 1 heterocycles. The molecule has 0 radical (unpaired) electrons. The lowest BCUT2D eigenvalue weighted by molar-refractivity contribution is -0.155. The van der Waals surface area contributed by atoms with Gasteiger partial charge in [-0.3, -0.25) is 0 Å². The van der Waals surface area contributed by atoms with E-state index in [1.807, 2.05) is 0 Å². The molecule has 1 spiro atoms. The standard InChI is InChI=1S/C9H15F2NO2/c1-8(10,11)7-6(14)5(13)4-12-9(7)2-3-9/h5-7,12-14H,2-4H2,1H3/t5-,6+,7+/m1/s1. The Morgan fingerprint density at radius 2 is 1.93 bits per heavy atom. The van der Waals surface area contributed by atoms with Crippen LogP contribution in [-0.4, -0.2) is 40.4 Å². The summed E-state index contributed by atoms with van der Waals surface area (Å²) in [4.78, 5) is 0. The molecule has 0 unspecified atom stereocenters. The number of aliphatic hydroxyl groups excluding tert-OH is 2. The average molecular weight is 207 g/mol. The number of rotatable bonds is 1. The van der Waals surface area contributed by atoms with Gasteiger partial charge in [-0.2, -0.15) is 0 Å². The first-order valence-corrected chi connectivity index (χ1v) is 4.86. The number of piperidine rings is 1. The molecule has 3 atom stereocenters. The molecule has 1 saturated heterocycles. The van der Waals surface area contributed by atoms with Crippen molar-refractivity contribution in [3.8, 4) is 0 Å². The Hall–Kier alpha value is -0.260. The van der Waals surface area contributed by atoms with Crippen LogP contribution in [-0.2, 0) is 0 Å². The first kappa shape index (κ1) is 10.3. The molecular weight excluding hydrogens is 192 g/mol. The number of aliphatic hydroxyl groups is 2. The Balaban J connectivity index is 2.23. The van der Waals surface area contributed by atoms with Crippen molar-refractivity contribution in [3.05, 3.63) is 0 Å². The van der Waals surface area contributed by atoms with Crippen LogP contribution < -0.4 is 5.32 Å². The molecule has 0 bridgehead atoms. The van der Waals surface area contributed by atoms with Gasteiger partial charge >= 0.3 is 0 Å². The fourth-order valence-electron chi connectivity index (χ4n) is 2.50. The van der Waals surface area contributed by atoms with Gasteiger partial charge in [0.25, 0.3) is 5.92 Å². The van der Waals surface area contributed by atoms with Gasteiger partial charge < -0.3 is 15.5 Å². The van der Waals surface area contributed by atoms with Crippen LogP contribution in [0.1, 0.15) is 19.8 Å². The summed E-state index contributed by atoms with van der Waals surface area (Å²) in [5.41, 5.74) is -0.628. The van der Waals surface area contributed by atoms with Crippen molar-refractivity contribution >= 4 is 0 Å². The summed E-state index contributed by atoms with van der Waals surface area (Å²) in [5, 5.41) is 21.8. The summed E-state index contributed by atoms with van der Waals surface area (Å²) >= 11 is 0. The van der Waals surface area contributed by atoms with E-state index in [0.29, 0.717) is 12.8 Å². The smallest absolute Gasteiger partial charge is 0.252 e. The molecule has 0 aromatic carbocycles. The number of β-amino-alcohol motifs (C(OH)–C–C–N with tert-alkyl or cyclic N) is 1. The van der Waals surface area contributed by atoms with Gasteiger partial charge in [0, 0.05) is 12.1 Å². The summed E-state index contributed by atoms with van der Waals surface area (Å²) in [6.45, 7) is 1.01. The molecule has 1 aliphatic heterocycles. The summed E-state index contributed by atoms with van der Waals surface area (Å²) < 4.78 is 26.5. The molecule has 3 N–H and O–H groups in total. The van der Waals surface area contributed by atoms with Crippen LogP contribution in [0.25, 0.3) is 0 Å². The zero-order chi connectivity index (χ0) is 10.6. The SMILES string of the molecule is CC(F)(F)[C@@H]1[C@@H](O)[C@H](O)CNC12CC2. The van der Waals surface area contributed by atoms with Gasteiger partial charge in [0.2, 0.25) is 0 Å². The zero-order valence-electron chi connectivity index (χ0n) is 8.00. The third-order valence-corrected chi connectivity index (χ3v) is 3.33. The predicted octanol–water partition coefficient (Wildman–Crippen LogP) is 0.115. The zero-order valence-corrected chi connectivity index (χ0v) is 8.00. The van der Waals surface area contributed by atoms with Crippen molar-refractivity contribution in [2.24, 2.45) is 5.92 Å². The van der Waals surface area contributed by atoms with Gasteiger partial charge in [-0.25, -0.2) is 8.78 Å². The molecule has 0 amide bonds. The van der Waals surface area contributed by atoms with Crippen molar-refractivity contribution in [2.75, 3.05) is 6.54 Å². The Bertz CT molecular complexity index is 237. The van der Waals surface area contributed by atoms with Gasteiger partial charge in [0.15, 0.2) is 0 Å². The Labute approximate surface area is 81.1 Å². The highest BCUT2D eigenvalue weighted by molar-refractivity contribution is 5.15. The van der Waals surface area contributed by atoms with E-state index in [0.717, 1.165) is 6.92 Å². The molecule has 1 saturated carbocycles. The van der Waals surface area contributed by atoms with Crippen LogP contribution in [0, 0.1) is 5.92 Å². The normalized spacial score (nSPS) is 41.4. The monoisotopic (exact) mass is 207 g/mol. The lowest BCUT2D eigenvalue weighted by Crippen LogP contribution is -2.62. The van der Waals surface area contributed by atoms with Crippen LogP contribution in [0.3, 0.4) is 0 Å². The molecule has 5 heteroatoms. The van der Waals surface area contributed by atoms with E-state index in [2.05, 4.69) is 5.32 Å². The summed E-state index contributed by atoms with van der Waals surface area (Å²) in [6, 6.07) is 0. The van der Waals surface area contributed by atoms with Crippen molar-refractivity contribution in [1.29, 1.82) is 0 Å². The maximum absolute atomic E-state index is 13.3. The van der Waals surface area contributed by atoms with Crippen LogP contribution in [0.4, 0.5) is 8.78 Å². The van der Waals surface area contributed by atoms with E-state index in [9.17, 15) is 19.0 Å². The lowest BCUT2D eigenvalue weighted by Gasteiger charge is -2.42. The van der Waals surface area contributed by atoms with Crippen molar-refractivity contribution < 1.29 is 19.0 Å². The van der Waals surface area contributed by atoms with Crippen LogP contribution in [0.5, 0.6) is 0 Å². The predicted molar refractivity (Wildman–Crippen MR) is 46.1 cm³/mol. The molecular formula is C9H15F2NO2. The van der Waals surface area contributed by atoms with Crippen molar-refractivity contribution in [1.82, 2.24) is 5.32 Å². The molecule has 0 aromatic heterocycles. The lowest BCUT2D eigenvalue weighted by atomic mass is 9.80. The van der Waals surface area contributed by atoms with E-state index >= 15 is 0 Å². The minimum atomic E-state index is -2.95. The second-order valence-electron chi connectivity index (χ2n) is 4.53. The quantitative estimate of drug-likeness (QED) is 0.572. The maximum Gasteiger partial charge on any atom is 0.252 e. The van der Waals surface area contributed by atoms with E-state index < -0.39 is 29.6 Å². The third-order valence-electron chi connectivity index (χ3n) is 3.33. The largest absolute Gasteiger partial charge is 0.390 e. The van der Waals surface area contributed by atoms with Crippen LogP contribution in [0.15, 0.2) is 0 Å². The van der Waals surface area contributed by atoms with Crippen LogP contribution >= 0.6 is 0 Å². The van der Waals surface area contributed by atoms with Crippen molar-refractivity contribution in [2.45, 2.75) is 43.4 Å². The summed E-state index contributed by atoms with van der Waals surface area (Å²) in [5.74, 6) is -4.12. The maximum atomic E-state index is 13.3. The van der Waals surface area contributed by atoms with Gasteiger partial charge in [0.1, 0.15) is 0 Å².